The number of carbonyl (C=O) groups excluding carboxylic acids is 2. The van der Waals surface area contributed by atoms with Gasteiger partial charge in [0.1, 0.15) is 6.54 Å². The van der Waals surface area contributed by atoms with Crippen LogP contribution in [-0.4, -0.2) is 42.0 Å². The van der Waals surface area contributed by atoms with E-state index in [9.17, 15) is 22.8 Å². The fraction of sp³-hybridized carbons (Fsp3) is 0.529. The van der Waals surface area contributed by atoms with Gasteiger partial charge in [0.2, 0.25) is 11.8 Å². The Bertz CT molecular complexity index is 575. The van der Waals surface area contributed by atoms with E-state index in [1.54, 1.807) is 0 Å². The first-order chi connectivity index (χ1) is 11.2. The molecule has 2 amide bonds. The number of hydrogen-bond donors (Lipinski definition) is 1. The van der Waals surface area contributed by atoms with E-state index in [1.807, 2.05) is 37.3 Å². The molecule has 1 aliphatic heterocycles. The minimum Gasteiger partial charge on any atom is -0.353 e. The summed E-state index contributed by atoms with van der Waals surface area (Å²) in [4.78, 5) is 24.5. The molecule has 1 aliphatic rings. The third-order valence-corrected chi connectivity index (χ3v) is 4.05. The van der Waals surface area contributed by atoms with Crippen LogP contribution in [0.1, 0.15) is 25.3 Å². The van der Waals surface area contributed by atoms with Crippen molar-refractivity contribution in [2.24, 2.45) is 5.92 Å². The Hall–Kier alpha value is -2.05. The number of alkyl halides is 3. The number of nitrogens with zero attached hydrogens (tertiary/aromatic N) is 1. The molecule has 0 aliphatic carbocycles. The van der Waals surface area contributed by atoms with Crippen molar-refractivity contribution in [1.29, 1.82) is 0 Å². The zero-order chi connectivity index (χ0) is 17.7. The van der Waals surface area contributed by atoms with E-state index in [-0.39, 0.29) is 24.9 Å². The maximum absolute atomic E-state index is 12.4. The van der Waals surface area contributed by atoms with Gasteiger partial charge in [-0.3, -0.25) is 9.59 Å². The summed E-state index contributed by atoms with van der Waals surface area (Å²) in [7, 11) is 0. The van der Waals surface area contributed by atoms with Gasteiger partial charge in [-0.15, -0.1) is 0 Å². The second-order valence-electron chi connectivity index (χ2n) is 6.22. The van der Waals surface area contributed by atoms with Gasteiger partial charge in [0.15, 0.2) is 0 Å². The topological polar surface area (TPSA) is 49.4 Å². The van der Waals surface area contributed by atoms with E-state index in [0.717, 1.165) is 18.4 Å². The number of benzene rings is 1. The molecule has 0 radical (unpaired) electrons. The average Bonchev–Trinajstić information content (AvgIpc) is 2.85. The molecule has 1 aromatic carbocycles. The molecule has 0 aromatic heterocycles. The van der Waals surface area contributed by atoms with Crippen molar-refractivity contribution in [3.63, 3.8) is 0 Å². The molecule has 2 atom stereocenters. The number of amides is 2. The van der Waals surface area contributed by atoms with Crippen molar-refractivity contribution >= 4 is 11.8 Å². The summed E-state index contributed by atoms with van der Waals surface area (Å²) in [6.07, 6.45) is -3.08. The zero-order valence-corrected chi connectivity index (χ0v) is 13.5. The number of halogens is 3. The highest BCUT2D eigenvalue weighted by molar-refractivity contribution is 5.89. The van der Waals surface area contributed by atoms with Crippen molar-refractivity contribution < 1.29 is 22.8 Å². The minimum atomic E-state index is -4.44. The highest BCUT2D eigenvalue weighted by Crippen LogP contribution is 2.24. The second-order valence-corrected chi connectivity index (χ2v) is 6.22. The predicted molar refractivity (Wildman–Crippen MR) is 83.1 cm³/mol. The van der Waals surface area contributed by atoms with E-state index in [1.165, 1.54) is 0 Å². The molecule has 24 heavy (non-hydrogen) atoms. The molecule has 132 valence electrons. The van der Waals surface area contributed by atoms with Crippen LogP contribution in [0.4, 0.5) is 13.2 Å². The summed E-state index contributed by atoms with van der Waals surface area (Å²) in [6, 6.07) is 9.71. The lowest BCUT2D eigenvalue weighted by Crippen LogP contribution is -2.40. The summed E-state index contributed by atoms with van der Waals surface area (Å²) in [5, 5.41) is 2.80. The highest BCUT2D eigenvalue weighted by atomic mass is 19.4. The molecular formula is C17H21F3N2O2. The van der Waals surface area contributed by atoms with Gasteiger partial charge >= 0.3 is 6.18 Å². The van der Waals surface area contributed by atoms with Crippen LogP contribution < -0.4 is 5.32 Å². The average molecular weight is 342 g/mol. The molecule has 0 spiro atoms. The van der Waals surface area contributed by atoms with Crippen LogP contribution >= 0.6 is 0 Å². The number of aryl methyl sites for hydroxylation is 1. The molecule has 4 nitrogen and oxygen atoms in total. The Labute approximate surface area is 139 Å². The molecule has 1 fully saturated rings. The van der Waals surface area contributed by atoms with Gasteiger partial charge in [0.05, 0.1) is 5.92 Å². The van der Waals surface area contributed by atoms with Crippen molar-refractivity contribution in [2.45, 2.75) is 38.4 Å². The molecule has 1 aromatic rings. The Kier molecular flexibility index (Phi) is 5.85. The van der Waals surface area contributed by atoms with Crippen molar-refractivity contribution in [3.05, 3.63) is 35.9 Å². The van der Waals surface area contributed by atoms with Crippen LogP contribution in [0.3, 0.4) is 0 Å². The molecular weight excluding hydrogens is 321 g/mol. The first kappa shape index (κ1) is 18.3. The largest absolute Gasteiger partial charge is 0.406 e. The third kappa shape index (κ3) is 5.54. The Morgan fingerprint density at radius 1 is 1.33 bits per heavy atom. The lowest BCUT2D eigenvalue weighted by molar-refractivity contribution is -0.157. The number of likely N-dealkylation sites (tertiary alicyclic amines) is 1. The van der Waals surface area contributed by atoms with Crippen LogP contribution in [0, 0.1) is 5.92 Å². The maximum atomic E-state index is 12.4. The van der Waals surface area contributed by atoms with Crippen LogP contribution in [0.15, 0.2) is 30.3 Å². The summed E-state index contributed by atoms with van der Waals surface area (Å²) >= 11 is 0. The SMILES string of the molecule is C[C@@H](CCc1ccccc1)NC(=O)[C@H]1CC(=O)N(CC(F)(F)F)C1. The van der Waals surface area contributed by atoms with Gasteiger partial charge in [0.25, 0.3) is 0 Å². The molecule has 1 saturated heterocycles. The molecule has 0 saturated carbocycles. The van der Waals surface area contributed by atoms with Gasteiger partial charge in [-0.1, -0.05) is 30.3 Å². The zero-order valence-electron chi connectivity index (χ0n) is 13.5. The molecule has 2 rings (SSSR count). The van der Waals surface area contributed by atoms with E-state index in [2.05, 4.69) is 5.32 Å². The van der Waals surface area contributed by atoms with Gasteiger partial charge in [-0.05, 0) is 25.3 Å². The summed E-state index contributed by atoms with van der Waals surface area (Å²) in [6.45, 7) is 0.389. The highest BCUT2D eigenvalue weighted by Gasteiger charge is 2.40. The summed E-state index contributed by atoms with van der Waals surface area (Å²) in [5.41, 5.74) is 1.16. The number of carbonyl (C=O) groups is 2. The van der Waals surface area contributed by atoms with E-state index < -0.39 is 24.5 Å². The first-order valence-electron chi connectivity index (χ1n) is 7.93. The third-order valence-electron chi connectivity index (χ3n) is 4.05. The molecule has 1 N–H and O–H groups in total. The maximum Gasteiger partial charge on any atom is 0.406 e. The van der Waals surface area contributed by atoms with E-state index in [0.29, 0.717) is 4.90 Å². The van der Waals surface area contributed by atoms with Crippen LogP contribution in [0.5, 0.6) is 0 Å². The second kappa shape index (κ2) is 7.68. The lowest BCUT2D eigenvalue weighted by atomic mass is 10.0. The van der Waals surface area contributed by atoms with Gasteiger partial charge in [-0.25, -0.2) is 0 Å². The fourth-order valence-electron chi connectivity index (χ4n) is 2.78. The summed E-state index contributed by atoms with van der Waals surface area (Å²) in [5.74, 6) is -1.68. The van der Waals surface area contributed by atoms with Crippen LogP contribution in [-0.2, 0) is 16.0 Å². The van der Waals surface area contributed by atoms with Crippen molar-refractivity contribution in [3.8, 4) is 0 Å². The molecule has 7 heteroatoms. The molecule has 0 bridgehead atoms. The Balaban J connectivity index is 1.79. The molecule has 1 heterocycles. The monoisotopic (exact) mass is 342 g/mol. The quantitative estimate of drug-likeness (QED) is 0.864. The smallest absolute Gasteiger partial charge is 0.353 e. The van der Waals surface area contributed by atoms with Gasteiger partial charge < -0.3 is 10.2 Å². The standard InChI is InChI=1S/C17H21F3N2O2/c1-12(7-8-13-5-3-2-4-6-13)21-16(24)14-9-15(23)22(10-14)11-17(18,19)20/h2-6,12,14H,7-11H2,1H3,(H,21,24)/t12-,14-/m0/s1. The van der Waals surface area contributed by atoms with Crippen molar-refractivity contribution in [2.75, 3.05) is 13.1 Å². The Morgan fingerprint density at radius 3 is 2.62 bits per heavy atom. The van der Waals surface area contributed by atoms with Crippen LogP contribution in [0.2, 0.25) is 0 Å². The number of hydrogen-bond acceptors (Lipinski definition) is 2. The van der Waals surface area contributed by atoms with E-state index in [4.69, 9.17) is 0 Å². The van der Waals surface area contributed by atoms with Gasteiger partial charge in [0, 0.05) is 19.0 Å². The van der Waals surface area contributed by atoms with Gasteiger partial charge in [-0.2, -0.15) is 13.2 Å². The predicted octanol–water partition coefficient (Wildman–Crippen LogP) is 2.53. The van der Waals surface area contributed by atoms with Crippen LogP contribution in [0.25, 0.3) is 0 Å². The molecule has 0 unspecified atom stereocenters. The first-order valence-corrected chi connectivity index (χ1v) is 7.93. The fourth-order valence-corrected chi connectivity index (χ4v) is 2.78. The van der Waals surface area contributed by atoms with E-state index >= 15 is 0 Å². The van der Waals surface area contributed by atoms with Crippen molar-refractivity contribution in [1.82, 2.24) is 10.2 Å². The number of nitrogens with one attached hydrogen (secondary N) is 1. The Morgan fingerprint density at radius 2 is 2.00 bits per heavy atom. The number of rotatable bonds is 6. The minimum absolute atomic E-state index is 0.107. The summed E-state index contributed by atoms with van der Waals surface area (Å²) < 4.78 is 37.2. The normalized spacial score (nSPS) is 19.4. The lowest BCUT2D eigenvalue weighted by Gasteiger charge is -2.19.